The van der Waals surface area contributed by atoms with Gasteiger partial charge in [0.1, 0.15) is 9.22 Å². The molecule has 0 radical (unpaired) electrons. The van der Waals surface area contributed by atoms with Crippen LogP contribution in [0.5, 0.6) is 0 Å². The topological polar surface area (TPSA) is 167 Å². The average Bonchev–Trinajstić information content (AvgIpc) is 3.84. The van der Waals surface area contributed by atoms with Crippen molar-refractivity contribution in [2.24, 2.45) is 0 Å². The number of aromatic amines is 1. The molecule has 1 aliphatic rings. The van der Waals surface area contributed by atoms with Gasteiger partial charge in [-0.3, -0.25) is 18.9 Å². The monoisotopic (exact) mass is 800 g/mol. The summed E-state index contributed by atoms with van der Waals surface area (Å²) in [6.45, 7) is 7.03. The third kappa shape index (κ3) is 11.4. The largest absolute Gasteiger partial charge is 0.490 e. The molecule has 1 aromatic carbocycles. The van der Waals surface area contributed by atoms with Crippen LogP contribution in [-0.2, 0) is 31.0 Å². The first-order chi connectivity index (χ1) is 24.1. The number of carboxylic acids is 2. The van der Waals surface area contributed by atoms with Gasteiger partial charge in [-0.1, -0.05) is 18.2 Å². The predicted molar refractivity (Wildman–Crippen MR) is 182 cm³/mol. The lowest BCUT2D eigenvalue weighted by atomic mass is 10.2. The van der Waals surface area contributed by atoms with E-state index in [1.54, 1.807) is 47.8 Å². The zero-order valence-electron chi connectivity index (χ0n) is 27.7. The number of fused-ring (bicyclic) bond motifs is 1. The first kappa shape index (κ1) is 42.2. The van der Waals surface area contributed by atoms with Crippen LogP contribution in [0.2, 0.25) is 0 Å². The Morgan fingerprint density at radius 3 is 2.02 bits per heavy atom. The maximum Gasteiger partial charge on any atom is 0.490 e. The summed E-state index contributed by atoms with van der Waals surface area (Å²) in [5.74, 6) is -5.38. The van der Waals surface area contributed by atoms with Gasteiger partial charge in [0.05, 0.1) is 23.4 Å². The molecule has 3 N–H and O–H groups in total. The summed E-state index contributed by atoms with van der Waals surface area (Å²) < 4.78 is 91.9. The highest BCUT2D eigenvalue weighted by molar-refractivity contribution is 7.94. The molecule has 0 spiro atoms. The van der Waals surface area contributed by atoms with E-state index < -0.39 is 34.3 Å². The number of carboxylic acid groups (broad SMARTS) is 2. The number of aromatic nitrogens is 2. The van der Waals surface area contributed by atoms with Crippen LogP contribution >= 0.6 is 22.7 Å². The number of para-hydroxylation sites is 1. The Labute approximate surface area is 301 Å². The number of likely N-dealkylation sites (N-methyl/N-ethyl adjacent to an activating group) is 1. The fourth-order valence-electron chi connectivity index (χ4n) is 4.62. The fourth-order valence-corrected chi connectivity index (χ4v) is 8.13. The minimum absolute atomic E-state index is 0.137. The molecular formula is C30H34F6N6O7S3. The molecule has 1 aliphatic heterocycles. The minimum atomic E-state index is -5.08. The quantitative estimate of drug-likeness (QED) is 0.195. The number of benzene rings is 1. The number of nitrogens with zero attached hydrogens (tertiary/aromatic N) is 5. The van der Waals surface area contributed by atoms with Crippen LogP contribution in [0.1, 0.15) is 11.8 Å². The Kier molecular flexibility index (Phi) is 14.2. The van der Waals surface area contributed by atoms with Gasteiger partial charge in [-0.15, -0.1) is 22.7 Å². The van der Waals surface area contributed by atoms with Crippen LogP contribution in [0.4, 0.5) is 32.0 Å². The van der Waals surface area contributed by atoms with Crippen LogP contribution in [0.25, 0.3) is 21.6 Å². The molecule has 1 amide bonds. The van der Waals surface area contributed by atoms with Crippen molar-refractivity contribution in [3.63, 3.8) is 0 Å². The van der Waals surface area contributed by atoms with Crippen molar-refractivity contribution in [3.05, 3.63) is 52.9 Å². The van der Waals surface area contributed by atoms with Gasteiger partial charge in [-0.25, -0.2) is 23.0 Å². The van der Waals surface area contributed by atoms with Crippen molar-refractivity contribution in [1.29, 1.82) is 0 Å². The molecule has 52 heavy (non-hydrogen) atoms. The number of thiophene rings is 1. The number of rotatable bonds is 9. The van der Waals surface area contributed by atoms with Crippen molar-refractivity contribution in [2.75, 3.05) is 57.7 Å². The summed E-state index contributed by atoms with van der Waals surface area (Å²) in [6.07, 6.45) is -8.24. The second-order valence-corrected chi connectivity index (χ2v) is 15.3. The Morgan fingerprint density at radius 1 is 0.942 bits per heavy atom. The smallest absolute Gasteiger partial charge is 0.475 e. The highest BCUT2D eigenvalue weighted by Crippen LogP contribution is 2.35. The number of alkyl halides is 6. The first-order valence-electron chi connectivity index (χ1n) is 15.0. The zero-order chi connectivity index (χ0) is 39.0. The molecule has 4 aromatic rings. The van der Waals surface area contributed by atoms with E-state index in [1.807, 2.05) is 37.4 Å². The molecule has 0 atom stereocenters. The van der Waals surface area contributed by atoms with Gasteiger partial charge >= 0.3 is 24.3 Å². The van der Waals surface area contributed by atoms with Gasteiger partial charge in [0, 0.05) is 69.8 Å². The van der Waals surface area contributed by atoms with Gasteiger partial charge in [0.25, 0.3) is 10.0 Å². The van der Waals surface area contributed by atoms with E-state index in [2.05, 4.69) is 19.8 Å². The van der Waals surface area contributed by atoms with Gasteiger partial charge in [-0.05, 0) is 30.5 Å². The number of carbonyl (C=O) groups is 3. The number of aliphatic carboxylic acids is 2. The Morgan fingerprint density at radius 2 is 1.52 bits per heavy atom. The summed E-state index contributed by atoms with van der Waals surface area (Å²) in [6, 6.07) is 11.2. The van der Waals surface area contributed by atoms with Crippen molar-refractivity contribution >= 4 is 67.1 Å². The lowest BCUT2D eigenvalue weighted by Crippen LogP contribution is -2.48. The van der Waals surface area contributed by atoms with Gasteiger partial charge in [0.2, 0.25) is 5.91 Å². The molecule has 1 fully saturated rings. The Hall–Kier alpha value is -4.25. The van der Waals surface area contributed by atoms with E-state index in [0.717, 1.165) is 54.3 Å². The number of thiazole rings is 1. The summed E-state index contributed by atoms with van der Waals surface area (Å²) in [5.41, 5.74) is 2.29. The van der Waals surface area contributed by atoms with E-state index in [9.17, 15) is 39.6 Å². The van der Waals surface area contributed by atoms with Crippen molar-refractivity contribution in [3.8, 4) is 10.7 Å². The van der Waals surface area contributed by atoms with Crippen LogP contribution in [-0.4, -0.2) is 127 Å². The lowest BCUT2D eigenvalue weighted by Gasteiger charge is -2.34. The second kappa shape index (κ2) is 17.5. The van der Waals surface area contributed by atoms with E-state index in [1.165, 1.54) is 20.5 Å². The fraction of sp³-hybridized carbons (Fsp3) is 0.400. The molecule has 0 saturated carbocycles. The third-order valence-corrected chi connectivity index (χ3v) is 11.5. The molecule has 13 nitrogen and oxygen atoms in total. The molecule has 0 bridgehead atoms. The normalized spacial score (nSPS) is 14.2. The molecule has 0 aliphatic carbocycles. The third-order valence-electron chi connectivity index (χ3n) is 7.20. The van der Waals surface area contributed by atoms with Crippen LogP contribution in [0.15, 0.2) is 52.2 Å². The maximum atomic E-state index is 13.3. The Balaban J connectivity index is 0.000000441. The molecule has 1 saturated heterocycles. The predicted octanol–water partition coefficient (Wildman–Crippen LogP) is 5.04. The van der Waals surface area contributed by atoms with E-state index in [4.69, 9.17) is 19.8 Å². The number of amides is 1. The van der Waals surface area contributed by atoms with Crippen LogP contribution in [0, 0.1) is 0 Å². The molecular weight excluding hydrogens is 767 g/mol. The summed E-state index contributed by atoms with van der Waals surface area (Å²) >= 11 is 2.87. The number of H-pyrrole nitrogens is 1. The SMILES string of the molecule is CCN(c1cccc2cc(-c3ncc(CN4CCN(CC(=O)N(C)C)CC4)s3)[nH]c12)S(=O)(=O)c1cccs1.O=C(O)C(F)(F)F.O=C(O)C(F)(F)F. The molecule has 3 aromatic heterocycles. The lowest BCUT2D eigenvalue weighted by molar-refractivity contribution is -0.193. The van der Waals surface area contributed by atoms with E-state index in [0.29, 0.717) is 23.0 Å². The highest BCUT2D eigenvalue weighted by Gasteiger charge is 2.39. The number of hydrogen-bond acceptors (Lipinski definition) is 10. The first-order valence-corrected chi connectivity index (χ1v) is 18.2. The summed E-state index contributed by atoms with van der Waals surface area (Å²) in [5, 5.41) is 17.8. The average molecular weight is 801 g/mol. The zero-order valence-corrected chi connectivity index (χ0v) is 30.2. The number of nitrogens with one attached hydrogen (secondary N) is 1. The number of sulfonamides is 1. The van der Waals surface area contributed by atoms with E-state index >= 15 is 0 Å². The molecule has 0 unspecified atom stereocenters. The van der Waals surface area contributed by atoms with Crippen molar-refractivity contribution in [2.45, 2.75) is 30.0 Å². The highest BCUT2D eigenvalue weighted by atomic mass is 32.2. The number of carbonyl (C=O) groups excluding carboxylic acids is 1. The summed E-state index contributed by atoms with van der Waals surface area (Å²) in [4.78, 5) is 45.3. The number of piperazine rings is 1. The van der Waals surface area contributed by atoms with Crippen molar-refractivity contribution < 1.29 is 59.4 Å². The number of anilines is 1. The maximum absolute atomic E-state index is 13.3. The van der Waals surface area contributed by atoms with Gasteiger partial charge in [0.15, 0.2) is 0 Å². The van der Waals surface area contributed by atoms with Gasteiger partial charge in [-0.2, -0.15) is 26.3 Å². The van der Waals surface area contributed by atoms with Crippen molar-refractivity contribution in [1.82, 2.24) is 24.7 Å². The standard InChI is InChI=1S/C26H32N6O3S3.2C2HF3O2/c1-4-32(38(34,35)24-9-6-14-36-24)22-8-5-7-19-15-21(28-25(19)22)26-27-16-20(37-26)17-30-10-12-31(13-11-30)18-23(33)29(2)3;2*3-2(4,5)1(6)7/h5-9,14-16,28H,4,10-13,17-18H2,1-3H3;2*(H,6,7). The van der Waals surface area contributed by atoms with E-state index in [-0.39, 0.29) is 5.91 Å². The van der Waals surface area contributed by atoms with Gasteiger partial charge < -0.3 is 20.1 Å². The minimum Gasteiger partial charge on any atom is -0.475 e. The number of halogens is 6. The summed E-state index contributed by atoms with van der Waals surface area (Å²) in [7, 11) is -0.0614. The molecule has 286 valence electrons. The molecule has 5 rings (SSSR count). The van der Waals surface area contributed by atoms with Crippen LogP contribution < -0.4 is 4.31 Å². The second-order valence-electron chi connectivity index (χ2n) is 11.1. The van der Waals surface area contributed by atoms with Crippen LogP contribution in [0.3, 0.4) is 0 Å². The Bertz CT molecular complexity index is 1900. The molecule has 22 heteroatoms. The molecule has 4 heterocycles. The number of hydrogen-bond donors (Lipinski definition) is 3.